The molecular weight excluding hydrogens is 316 g/mol. The summed E-state index contributed by atoms with van der Waals surface area (Å²) in [5, 5.41) is 2.07. The largest absolute Gasteiger partial charge is 0.468 e. The Balaban J connectivity index is 1.91. The van der Waals surface area contributed by atoms with Gasteiger partial charge in [0.1, 0.15) is 5.41 Å². The Kier molecular flexibility index (Phi) is 3.73. The highest BCUT2D eigenvalue weighted by molar-refractivity contribution is 7.10. The van der Waals surface area contributed by atoms with Crippen LogP contribution in [0.2, 0.25) is 0 Å². The average molecular weight is 334 g/mol. The van der Waals surface area contributed by atoms with Crippen LogP contribution in [0, 0.1) is 0 Å². The lowest BCUT2D eigenvalue weighted by molar-refractivity contribution is -0.144. The third kappa shape index (κ3) is 2.12. The van der Waals surface area contributed by atoms with Gasteiger partial charge in [0, 0.05) is 16.7 Å². The normalized spacial score (nSPS) is 25.2. The van der Waals surface area contributed by atoms with E-state index in [0.29, 0.717) is 0 Å². The van der Waals surface area contributed by atoms with Gasteiger partial charge >= 0.3 is 5.97 Å². The Bertz CT molecular complexity index is 827. The number of hydrogen-bond acceptors (Lipinski definition) is 3. The first kappa shape index (κ1) is 15.2. The van der Waals surface area contributed by atoms with Crippen LogP contribution in [0.5, 0.6) is 0 Å². The molecule has 24 heavy (non-hydrogen) atoms. The molecule has 3 heteroatoms. The number of esters is 1. The topological polar surface area (TPSA) is 26.3 Å². The van der Waals surface area contributed by atoms with Crippen LogP contribution >= 0.6 is 11.3 Å². The summed E-state index contributed by atoms with van der Waals surface area (Å²) in [6.45, 7) is 0. The van der Waals surface area contributed by atoms with Crippen molar-refractivity contribution in [1.29, 1.82) is 0 Å². The molecule has 4 rings (SSSR count). The van der Waals surface area contributed by atoms with Crippen LogP contribution in [-0.2, 0) is 14.9 Å². The number of thiophene rings is 1. The SMILES string of the molecule is COC(=O)[C@]1(c2ccccc2)C(c2ccccc2)[C@H]1c1cccs1. The number of carbonyl (C=O) groups is 1. The summed E-state index contributed by atoms with van der Waals surface area (Å²) >= 11 is 1.71. The van der Waals surface area contributed by atoms with Gasteiger partial charge in [-0.15, -0.1) is 11.3 Å². The van der Waals surface area contributed by atoms with Crippen LogP contribution in [-0.4, -0.2) is 13.1 Å². The predicted octanol–water partition coefficient (Wildman–Crippen LogP) is 4.74. The van der Waals surface area contributed by atoms with Crippen molar-refractivity contribution in [1.82, 2.24) is 0 Å². The highest BCUT2D eigenvalue weighted by atomic mass is 32.1. The molecule has 2 nitrogen and oxygen atoms in total. The second kappa shape index (κ2) is 5.91. The lowest BCUT2D eigenvalue weighted by Gasteiger charge is -2.16. The molecule has 0 bridgehead atoms. The Hall–Kier alpha value is -2.39. The van der Waals surface area contributed by atoms with Crippen molar-refractivity contribution in [3.05, 3.63) is 94.2 Å². The Morgan fingerprint density at radius 1 is 0.917 bits per heavy atom. The molecule has 120 valence electrons. The lowest BCUT2D eigenvalue weighted by atomic mass is 9.89. The second-order valence-electron chi connectivity index (χ2n) is 6.11. The highest BCUT2D eigenvalue weighted by Gasteiger charge is 2.72. The molecular formula is C21H18O2S. The van der Waals surface area contributed by atoms with Crippen molar-refractivity contribution in [3.63, 3.8) is 0 Å². The maximum Gasteiger partial charge on any atom is 0.317 e. The Morgan fingerprint density at radius 3 is 2.17 bits per heavy atom. The van der Waals surface area contributed by atoms with Gasteiger partial charge in [-0.2, -0.15) is 0 Å². The van der Waals surface area contributed by atoms with Crippen LogP contribution in [0.25, 0.3) is 0 Å². The molecule has 0 amide bonds. The predicted molar refractivity (Wildman–Crippen MR) is 96.4 cm³/mol. The van der Waals surface area contributed by atoms with E-state index in [9.17, 15) is 4.79 Å². The molecule has 1 aromatic heterocycles. The van der Waals surface area contributed by atoms with E-state index in [4.69, 9.17) is 4.74 Å². The first-order valence-corrected chi connectivity index (χ1v) is 8.90. The minimum atomic E-state index is -0.637. The van der Waals surface area contributed by atoms with E-state index in [1.54, 1.807) is 11.3 Å². The van der Waals surface area contributed by atoms with E-state index >= 15 is 0 Å². The molecule has 1 saturated carbocycles. The molecule has 3 atom stereocenters. The first-order chi connectivity index (χ1) is 11.8. The van der Waals surface area contributed by atoms with Gasteiger partial charge in [0.2, 0.25) is 0 Å². The molecule has 1 unspecified atom stereocenters. The average Bonchev–Trinajstić information content (AvgIpc) is 3.06. The molecule has 0 aliphatic heterocycles. The molecule has 0 saturated heterocycles. The van der Waals surface area contributed by atoms with E-state index in [1.807, 2.05) is 54.6 Å². The van der Waals surface area contributed by atoms with Gasteiger partial charge in [0.15, 0.2) is 0 Å². The number of methoxy groups -OCH3 is 1. The summed E-state index contributed by atoms with van der Waals surface area (Å²) in [5.74, 6) is 0.0721. The lowest BCUT2D eigenvalue weighted by Crippen LogP contribution is -2.25. The molecule has 3 aromatic rings. The van der Waals surface area contributed by atoms with Gasteiger partial charge in [-0.3, -0.25) is 4.79 Å². The zero-order valence-corrected chi connectivity index (χ0v) is 14.2. The number of benzene rings is 2. The number of carbonyl (C=O) groups excluding carboxylic acids is 1. The maximum atomic E-state index is 13.0. The number of hydrogen-bond donors (Lipinski definition) is 0. The summed E-state index contributed by atoms with van der Waals surface area (Å²) in [5.41, 5.74) is 1.58. The third-order valence-electron chi connectivity index (χ3n) is 4.99. The van der Waals surface area contributed by atoms with E-state index in [2.05, 4.69) is 23.6 Å². The van der Waals surface area contributed by atoms with Crippen LogP contribution in [0.3, 0.4) is 0 Å². The smallest absolute Gasteiger partial charge is 0.317 e. The van der Waals surface area contributed by atoms with Crippen molar-refractivity contribution in [2.75, 3.05) is 7.11 Å². The molecule has 2 aromatic carbocycles. The van der Waals surface area contributed by atoms with Crippen molar-refractivity contribution in [2.24, 2.45) is 0 Å². The fourth-order valence-electron chi connectivity index (χ4n) is 3.97. The van der Waals surface area contributed by atoms with Gasteiger partial charge in [0.25, 0.3) is 0 Å². The van der Waals surface area contributed by atoms with E-state index < -0.39 is 5.41 Å². The quantitative estimate of drug-likeness (QED) is 0.644. The zero-order valence-electron chi connectivity index (χ0n) is 13.4. The van der Waals surface area contributed by atoms with Crippen molar-refractivity contribution >= 4 is 17.3 Å². The van der Waals surface area contributed by atoms with Gasteiger partial charge in [-0.05, 0) is 22.6 Å². The summed E-state index contributed by atoms with van der Waals surface area (Å²) in [6, 6.07) is 24.5. The summed E-state index contributed by atoms with van der Waals surface area (Å²) in [4.78, 5) is 14.2. The Morgan fingerprint density at radius 2 is 1.58 bits per heavy atom. The Labute approximate surface area is 145 Å². The fourth-order valence-corrected chi connectivity index (χ4v) is 4.91. The third-order valence-corrected chi connectivity index (χ3v) is 5.94. The minimum Gasteiger partial charge on any atom is -0.468 e. The molecule has 1 aliphatic rings. The van der Waals surface area contributed by atoms with Crippen LogP contribution in [0.1, 0.15) is 27.8 Å². The van der Waals surface area contributed by atoms with Crippen molar-refractivity contribution in [2.45, 2.75) is 17.3 Å². The zero-order chi connectivity index (χ0) is 16.6. The van der Waals surface area contributed by atoms with E-state index in [-0.39, 0.29) is 17.8 Å². The van der Waals surface area contributed by atoms with Gasteiger partial charge in [-0.1, -0.05) is 66.7 Å². The summed E-state index contributed by atoms with van der Waals surface area (Å²) in [6.07, 6.45) is 0. The van der Waals surface area contributed by atoms with Crippen LogP contribution in [0.4, 0.5) is 0 Å². The summed E-state index contributed by atoms with van der Waals surface area (Å²) < 4.78 is 5.28. The molecule has 1 fully saturated rings. The van der Waals surface area contributed by atoms with Crippen LogP contribution in [0.15, 0.2) is 78.2 Å². The maximum absolute atomic E-state index is 13.0. The molecule has 1 heterocycles. The van der Waals surface area contributed by atoms with E-state index in [1.165, 1.54) is 17.6 Å². The van der Waals surface area contributed by atoms with Gasteiger partial charge in [0.05, 0.1) is 7.11 Å². The number of rotatable bonds is 4. The van der Waals surface area contributed by atoms with E-state index in [0.717, 1.165) is 5.56 Å². The van der Waals surface area contributed by atoms with Crippen molar-refractivity contribution in [3.8, 4) is 0 Å². The molecule has 1 aliphatic carbocycles. The van der Waals surface area contributed by atoms with Crippen molar-refractivity contribution < 1.29 is 9.53 Å². The van der Waals surface area contributed by atoms with Crippen LogP contribution < -0.4 is 0 Å². The first-order valence-electron chi connectivity index (χ1n) is 8.02. The molecule has 0 N–H and O–H groups in total. The second-order valence-corrected chi connectivity index (χ2v) is 7.09. The summed E-state index contributed by atoms with van der Waals surface area (Å²) in [7, 11) is 1.48. The molecule has 0 radical (unpaired) electrons. The number of ether oxygens (including phenoxy) is 1. The fraction of sp³-hybridized carbons (Fsp3) is 0.190. The highest BCUT2D eigenvalue weighted by Crippen LogP contribution is 2.71. The standard InChI is InChI=1S/C21H18O2S/c1-23-20(22)21(16-11-6-3-7-12-16)18(15-9-4-2-5-10-15)19(21)17-13-8-14-24-17/h2-14,18-19H,1H3/t18?,19-,21-/m1/s1. The van der Waals surface area contributed by atoms with Gasteiger partial charge < -0.3 is 4.74 Å². The monoisotopic (exact) mass is 334 g/mol. The minimum absolute atomic E-state index is 0.104. The van der Waals surface area contributed by atoms with Gasteiger partial charge in [-0.25, -0.2) is 0 Å². The molecule has 0 spiro atoms.